The molecule has 0 amide bonds. The number of aliphatic hydroxyl groups excluding tert-OH is 2. The van der Waals surface area contributed by atoms with E-state index in [-0.39, 0.29) is 13.2 Å². The molecule has 3 nitrogen and oxygen atoms in total. The van der Waals surface area contributed by atoms with Crippen LogP contribution in [0.2, 0.25) is 0 Å². The van der Waals surface area contributed by atoms with Crippen LogP contribution in [0, 0.1) is 11.8 Å². The number of hydrogen-bond donors (Lipinski definition) is 3. The van der Waals surface area contributed by atoms with Gasteiger partial charge < -0.3 is 15.9 Å². The molecule has 4 N–H and O–H groups in total. The van der Waals surface area contributed by atoms with Crippen molar-refractivity contribution in [3.05, 3.63) is 35.4 Å². The molecule has 0 aromatic heterocycles. The molecule has 0 saturated heterocycles. The van der Waals surface area contributed by atoms with Crippen molar-refractivity contribution in [2.45, 2.75) is 57.4 Å². The molecule has 1 aliphatic rings. The van der Waals surface area contributed by atoms with E-state index < -0.39 is 5.54 Å². The second kappa shape index (κ2) is 8.09. The molecule has 2 rings (SSSR count). The first-order valence-corrected chi connectivity index (χ1v) is 8.63. The van der Waals surface area contributed by atoms with E-state index in [1.165, 1.54) is 43.2 Å². The van der Waals surface area contributed by atoms with E-state index in [0.29, 0.717) is 6.42 Å². The van der Waals surface area contributed by atoms with Crippen molar-refractivity contribution in [2.24, 2.45) is 17.6 Å². The van der Waals surface area contributed by atoms with E-state index in [4.69, 9.17) is 5.73 Å². The second-order valence-electron chi connectivity index (χ2n) is 7.33. The van der Waals surface area contributed by atoms with Crippen molar-refractivity contribution < 1.29 is 10.2 Å². The largest absolute Gasteiger partial charge is 0.394 e. The van der Waals surface area contributed by atoms with Crippen LogP contribution in [0.4, 0.5) is 0 Å². The van der Waals surface area contributed by atoms with Gasteiger partial charge in [0.25, 0.3) is 0 Å². The van der Waals surface area contributed by atoms with Crippen LogP contribution < -0.4 is 5.73 Å². The predicted octanol–water partition coefficient (Wildman–Crippen LogP) is 2.67. The SMILES string of the molecule is CC1CCC(Cc2ccc(CCC(N)(CO)CO)cc2)CC1. The number of nitrogens with two attached hydrogens (primary N) is 1. The Balaban J connectivity index is 1.82. The zero-order valence-corrected chi connectivity index (χ0v) is 13.8. The second-order valence-corrected chi connectivity index (χ2v) is 7.33. The summed E-state index contributed by atoms with van der Waals surface area (Å²) in [7, 11) is 0. The molecule has 0 bridgehead atoms. The number of aryl methyl sites for hydroxylation is 1. The third kappa shape index (κ3) is 5.08. The Bertz CT molecular complexity index is 431. The summed E-state index contributed by atoms with van der Waals surface area (Å²) in [5.74, 6) is 1.76. The third-order valence-corrected chi connectivity index (χ3v) is 5.22. The summed E-state index contributed by atoms with van der Waals surface area (Å²) in [5, 5.41) is 18.4. The van der Waals surface area contributed by atoms with Gasteiger partial charge in [0.05, 0.1) is 18.8 Å². The minimum atomic E-state index is -0.864. The Hall–Kier alpha value is -0.900. The summed E-state index contributed by atoms with van der Waals surface area (Å²) in [6.07, 6.45) is 8.07. The van der Waals surface area contributed by atoms with E-state index in [1.807, 2.05) is 0 Å². The first-order valence-electron chi connectivity index (χ1n) is 8.63. The van der Waals surface area contributed by atoms with Crippen molar-refractivity contribution >= 4 is 0 Å². The highest BCUT2D eigenvalue weighted by Crippen LogP contribution is 2.30. The Morgan fingerprint density at radius 1 is 1.00 bits per heavy atom. The zero-order valence-electron chi connectivity index (χ0n) is 13.8. The maximum Gasteiger partial charge on any atom is 0.0633 e. The Morgan fingerprint density at radius 2 is 1.55 bits per heavy atom. The Morgan fingerprint density at radius 3 is 2.09 bits per heavy atom. The molecule has 0 spiro atoms. The summed E-state index contributed by atoms with van der Waals surface area (Å²) in [5.41, 5.74) is 7.69. The first-order chi connectivity index (χ1) is 10.5. The number of hydrogen-bond acceptors (Lipinski definition) is 3. The molecule has 1 saturated carbocycles. The lowest BCUT2D eigenvalue weighted by molar-refractivity contribution is 0.115. The van der Waals surface area contributed by atoms with Gasteiger partial charge in [-0.15, -0.1) is 0 Å². The summed E-state index contributed by atoms with van der Waals surface area (Å²) in [6, 6.07) is 8.78. The van der Waals surface area contributed by atoms with Crippen molar-refractivity contribution in [1.29, 1.82) is 0 Å². The first kappa shape index (κ1) is 17.5. The standard InChI is InChI=1S/C19H31NO2/c1-15-2-4-17(5-3-15)12-18-8-6-16(7-9-18)10-11-19(20,13-21)14-22/h6-9,15,17,21-22H,2-5,10-14,20H2,1H3. The molecule has 0 atom stereocenters. The molecule has 0 radical (unpaired) electrons. The van der Waals surface area contributed by atoms with E-state index in [1.54, 1.807) is 0 Å². The minimum absolute atomic E-state index is 0.179. The summed E-state index contributed by atoms with van der Waals surface area (Å²) >= 11 is 0. The molecule has 1 aromatic carbocycles. The summed E-state index contributed by atoms with van der Waals surface area (Å²) < 4.78 is 0. The Kier molecular flexibility index (Phi) is 6.42. The highest BCUT2D eigenvalue weighted by atomic mass is 16.3. The van der Waals surface area contributed by atoms with Crippen LogP contribution in [-0.4, -0.2) is 29.0 Å². The van der Waals surface area contributed by atoms with Gasteiger partial charge in [0, 0.05) is 0 Å². The van der Waals surface area contributed by atoms with E-state index in [2.05, 4.69) is 31.2 Å². The number of aliphatic hydroxyl groups is 2. The van der Waals surface area contributed by atoms with Crippen molar-refractivity contribution in [2.75, 3.05) is 13.2 Å². The fraction of sp³-hybridized carbons (Fsp3) is 0.684. The Labute approximate surface area is 134 Å². The number of benzene rings is 1. The van der Waals surface area contributed by atoms with Gasteiger partial charge in [-0.05, 0) is 55.1 Å². The van der Waals surface area contributed by atoms with Crippen molar-refractivity contribution in [1.82, 2.24) is 0 Å². The van der Waals surface area contributed by atoms with Crippen LogP contribution in [-0.2, 0) is 12.8 Å². The van der Waals surface area contributed by atoms with Gasteiger partial charge in [0.2, 0.25) is 0 Å². The zero-order chi connectivity index (χ0) is 16.0. The van der Waals surface area contributed by atoms with Crippen LogP contribution in [0.15, 0.2) is 24.3 Å². The molecule has 22 heavy (non-hydrogen) atoms. The van der Waals surface area contributed by atoms with E-state index in [0.717, 1.165) is 18.3 Å². The topological polar surface area (TPSA) is 66.5 Å². The molecule has 124 valence electrons. The maximum atomic E-state index is 9.22. The van der Waals surface area contributed by atoms with Gasteiger partial charge in [-0.3, -0.25) is 0 Å². The van der Waals surface area contributed by atoms with Crippen LogP contribution in [0.1, 0.15) is 50.2 Å². The van der Waals surface area contributed by atoms with Crippen LogP contribution >= 0.6 is 0 Å². The average molecular weight is 305 g/mol. The monoisotopic (exact) mass is 305 g/mol. The minimum Gasteiger partial charge on any atom is -0.394 e. The van der Waals surface area contributed by atoms with Crippen molar-refractivity contribution in [3.63, 3.8) is 0 Å². The summed E-state index contributed by atoms with van der Waals surface area (Å²) in [4.78, 5) is 0. The van der Waals surface area contributed by atoms with E-state index in [9.17, 15) is 10.2 Å². The lowest BCUT2D eigenvalue weighted by Crippen LogP contribution is -2.47. The van der Waals surface area contributed by atoms with Crippen LogP contribution in [0.25, 0.3) is 0 Å². The van der Waals surface area contributed by atoms with Crippen molar-refractivity contribution in [3.8, 4) is 0 Å². The number of rotatable bonds is 7. The van der Waals surface area contributed by atoms with Gasteiger partial charge in [-0.2, -0.15) is 0 Å². The lowest BCUT2D eigenvalue weighted by Gasteiger charge is -2.26. The molecule has 1 aromatic rings. The molecule has 0 aliphatic heterocycles. The highest BCUT2D eigenvalue weighted by Gasteiger charge is 2.22. The van der Waals surface area contributed by atoms with Crippen LogP contribution in [0.3, 0.4) is 0 Å². The van der Waals surface area contributed by atoms with Gasteiger partial charge in [0.15, 0.2) is 0 Å². The quantitative estimate of drug-likeness (QED) is 0.725. The smallest absolute Gasteiger partial charge is 0.0633 e. The highest BCUT2D eigenvalue weighted by molar-refractivity contribution is 5.23. The van der Waals surface area contributed by atoms with Gasteiger partial charge in [0.1, 0.15) is 0 Å². The van der Waals surface area contributed by atoms with E-state index >= 15 is 0 Å². The third-order valence-electron chi connectivity index (χ3n) is 5.22. The molecule has 0 heterocycles. The molecule has 3 heteroatoms. The molecule has 1 fully saturated rings. The molecule has 1 aliphatic carbocycles. The molecular weight excluding hydrogens is 274 g/mol. The fourth-order valence-corrected chi connectivity index (χ4v) is 3.31. The molecular formula is C19H31NO2. The van der Waals surface area contributed by atoms with Gasteiger partial charge >= 0.3 is 0 Å². The average Bonchev–Trinajstić information content (AvgIpc) is 2.56. The van der Waals surface area contributed by atoms with Crippen LogP contribution in [0.5, 0.6) is 0 Å². The summed E-state index contributed by atoms with van der Waals surface area (Å²) in [6.45, 7) is 2.00. The van der Waals surface area contributed by atoms with Gasteiger partial charge in [-0.1, -0.05) is 44.0 Å². The normalized spacial score (nSPS) is 22.7. The van der Waals surface area contributed by atoms with Gasteiger partial charge in [-0.25, -0.2) is 0 Å². The predicted molar refractivity (Wildman–Crippen MR) is 90.7 cm³/mol. The fourth-order valence-electron chi connectivity index (χ4n) is 3.31. The maximum absolute atomic E-state index is 9.22. The molecule has 0 unspecified atom stereocenters. The lowest BCUT2D eigenvalue weighted by atomic mass is 9.80.